The molecule has 0 radical (unpaired) electrons. The van der Waals surface area contributed by atoms with Crippen LogP contribution in [0.4, 0.5) is 5.69 Å². The number of nitrogens with two attached hydrogens (primary N) is 1. The van der Waals surface area contributed by atoms with Gasteiger partial charge in [0.15, 0.2) is 0 Å². The van der Waals surface area contributed by atoms with E-state index in [1.165, 1.54) is 5.56 Å². The van der Waals surface area contributed by atoms with Crippen molar-refractivity contribution in [1.82, 2.24) is 4.90 Å². The molecule has 1 amide bonds. The van der Waals surface area contributed by atoms with E-state index < -0.39 is 0 Å². The van der Waals surface area contributed by atoms with Crippen molar-refractivity contribution in [1.29, 1.82) is 0 Å². The van der Waals surface area contributed by atoms with Gasteiger partial charge in [0.1, 0.15) is 0 Å². The number of nitrogens with zero attached hydrogens (tertiary/aromatic N) is 1. The predicted octanol–water partition coefficient (Wildman–Crippen LogP) is 3.96. The van der Waals surface area contributed by atoms with Gasteiger partial charge in [-0.05, 0) is 53.4 Å². The van der Waals surface area contributed by atoms with Crippen molar-refractivity contribution in [2.24, 2.45) is 0 Å². The zero-order chi connectivity index (χ0) is 14.1. The molecule has 0 bridgehead atoms. The number of nitrogen functional groups attached to an aromatic ring is 1. The fourth-order valence-electron chi connectivity index (χ4n) is 2.70. The number of hydrogen-bond acceptors (Lipinski definition) is 3. The lowest BCUT2D eigenvalue weighted by Gasteiger charge is -2.25. The fraction of sp³-hybridized carbons (Fsp3) is 0.267. The van der Waals surface area contributed by atoms with Crippen molar-refractivity contribution >= 4 is 34.5 Å². The normalized spacial score (nSPS) is 18.4. The van der Waals surface area contributed by atoms with Gasteiger partial charge in [0.2, 0.25) is 0 Å². The van der Waals surface area contributed by atoms with Gasteiger partial charge in [-0.1, -0.05) is 11.6 Å². The maximum absolute atomic E-state index is 12.7. The number of halogens is 1. The second-order valence-corrected chi connectivity index (χ2v) is 6.16. The van der Waals surface area contributed by atoms with Crippen LogP contribution in [-0.2, 0) is 0 Å². The highest BCUT2D eigenvalue weighted by molar-refractivity contribution is 7.08. The third-order valence-corrected chi connectivity index (χ3v) is 4.62. The summed E-state index contributed by atoms with van der Waals surface area (Å²) in [6.07, 6.45) is 2.04. The Morgan fingerprint density at radius 3 is 2.95 bits per heavy atom. The largest absolute Gasteiger partial charge is 0.398 e. The Kier molecular flexibility index (Phi) is 3.68. The van der Waals surface area contributed by atoms with Gasteiger partial charge in [0, 0.05) is 17.3 Å². The van der Waals surface area contributed by atoms with Crippen molar-refractivity contribution in [3.8, 4) is 0 Å². The molecule has 2 heterocycles. The molecule has 1 unspecified atom stereocenters. The number of benzene rings is 1. The van der Waals surface area contributed by atoms with Gasteiger partial charge < -0.3 is 10.6 Å². The first kappa shape index (κ1) is 13.5. The monoisotopic (exact) mass is 306 g/mol. The second-order valence-electron chi connectivity index (χ2n) is 4.94. The molecule has 0 aliphatic carbocycles. The van der Waals surface area contributed by atoms with E-state index in [1.807, 2.05) is 10.3 Å². The summed E-state index contributed by atoms with van der Waals surface area (Å²) < 4.78 is 0. The van der Waals surface area contributed by atoms with E-state index >= 15 is 0 Å². The van der Waals surface area contributed by atoms with Crippen LogP contribution < -0.4 is 5.73 Å². The summed E-state index contributed by atoms with van der Waals surface area (Å²) in [5.41, 5.74) is 8.12. The van der Waals surface area contributed by atoms with Crippen LogP contribution in [0.15, 0.2) is 35.0 Å². The molecule has 104 valence electrons. The lowest BCUT2D eigenvalue weighted by atomic mass is 10.1. The highest BCUT2D eigenvalue weighted by atomic mass is 35.5. The van der Waals surface area contributed by atoms with Crippen LogP contribution in [0.3, 0.4) is 0 Å². The minimum atomic E-state index is -0.00660. The fourth-order valence-corrected chi connectivity index (χ4v) is 3.59. The van der Waals surface area contributed by atoms with Gasteiger partial charge >= 0.3 is 0 Å². The number of rotatable bonds is 2. The highest BCUT2D eigenvalue weighted by Crippen LogP contribution is 2.35. The first-order valence-electron chi connectivity index (χ1n) is 6.55. The van der Waals surface area contributed by atoms with Crippen molar-refractivity contribution in [2.75, 3.05) is 12.3 Å². The molecule has 2 N–H and O–H groups in total. The number of likely N-dealkylation sites (tertiary alicyclic amines) is 1. The molecule has 20 heavy (non-hydrogen) atoms. The third kappa shape index (κ3) is 2.41. The third-order valence-electron chi connectivity index (χ3n) is 3.69. The average molecular weight is 307 g/mol. The van der Waals surface area contributed by atoms with Gasteiger partial charge in [0.25, 0.3) is 5.91 Å². The molecule has 1 aromatic carbocycles. The van der Waals surface area contributed by atoms with Crippen molar-refractivity contribution in [3.05, 3.63) is 51.2 Å². The maximum Gasteiger partial charge on any atom is 0.256 e. The Morgan fingerprint density at radius 1 is 1.40 bits per heavy atom. The Bertz CT molecular complexity index is 627. The Morgan fingerprint density at radius 2 is 2.25 bits per heavy atom. The van der Waals surface area contributed by atoms with Crippen LogP contribution in [-0.4, -0.2) is 17.4 Å². The van der Waals surface area contributed by atoms with Gasteiger partial charge in [-0.25, -0.2) is 0 Å². The van der Waals surface area contributed by atoms with Gasteiger partial charge in [-0.3, -0.25) is 4.79 Å². The summed E-state index contributed by atoms with van der Waals surface area (Å²) >= 11 is 7.55. The zero-order valence-corrected chi connectivity index (χ0v) is 12.5. The summed E-state index contributed by atoms with van der Waals surface area (Å²) in [4.78, 5) is 14.6. The number of amides is 1. The topological polar surface area (TPSA) is 46.3 Å². The Balaban J connectivity index is 1.89. The van der Waals surface area contributed by atoms with Crippen LogP contribution in [0.5, 0.6) is 0 Å². The number of carbonyl (C=O) groups excluding carboxylic acids is 1. The smallest absolute Gasteiger partial charge is 0.256 e. The van der Waals surface area contributed by atoms with Gasteiger partial charge in [-0.2, -0.15) is 11.3 Å². The van der Waals surface area contributed by atoms with E-state index in [0.717, 1.165) is 19.4 Å². The lowest BCUT2D eigenvalue weighted by molar-refractivity contribution is 0.0737. The number of carbonyl (C=O) groups is 1. The molecule has 5 heteroatoms. The van der Waals surface area contributed by atoms with Crippen molar-refractivity contribution < 1.29 is 4.79 Å². The van der Waals surface area contributed by atoms with E-state index in [1.54, 1.807) is 29.5 Å². The standard InChI is InChI=1S/C15H15ClN2OS/c16-11-3-4-12(13(17)8-11)15(19)18-6-1-2-14(18)10-5-7-20-9-10/h3-5,7-9,14H,1-2,6,17H2. The van der Waals surface area contributed by atoms with E-state index in [9.17, 15) is 4.79 Å². The SMILES string of the molecule is Nc1cc(Cl)ccc1C(=O)N1CCCC1c1ccsc1. The van der Waals surface area contributed by atoms with E-state index in [4.69, 9.17) is 17.3 Å². The molecule has 1 aromatic heterocycles. The second kappa shape index (κ2) is 5.46. The number of thiophene rings is 1. The quantitative estimate of drug-likeness (QED) is 0.854. The molecule has 1 aliphatic heterocycles. The minimum absolute atomic E-state index is 0.00660. The Labute approximate surface area is 127 Å². The maximum atomic E-state index is 12.7. The number of anilines is 1. The summed E-state index contributed by atoms with van der Waals surface area (Å²) in [5.74, 6) is -0.00660. The van der Waals surface area contributed by atoms with Crippen molar-refractivity contribution in [2.45, 2.75) is 18.9 Å². The summed E-state index contributed by atoms with van der Waals surface area (Å²) in [6, 6.07) is 7.31. The first-order chi connectivity index (χ1) is 9.66. The van der Waals surface area contributed by atoms with Gasteiger partial charge in [0.05, 0.1) is 11.6 Å². The molecule has 1 fully saturated rings. The molecular weight excluding hydrogens is 292 g/mol. The molecule has 3 nitrogen and oxygen atoms in total. The minimum Gasteiger partial charge on any atom is -0.398 e. The summed E-state index contributed by atoms with van der Waals surface area (Å²) in [5, 5.41) is 4.71. The van der Waals surface area contributed by atoms with Crippen LogP contribution in [0, 0.1) is 0 Å². The van der Waals surface area contributed by atoms with Crippen LogP contribution >= 0.6 is 22.9 Å². The molecule has 2 aromatic rings. The molecule has 0 spiro atoms. The molecule has 0 saturated carbocycles. The molecule has 3 rings (SSSR count). The molecule has 1 atom stereocenters. The van der Waals surface area contributed by atoms with E-state index in [0.29, 0.717) is 16.3 Å². The first-order valence-corrected chi connectivity index (χ1v) is 7.87. The van der Waals surface area contributed by atoms with Crippen LogP contribution in [0.2, 0.25) is 5.02 Å². The van der Waals surface area contributed by atoms with E-state index in [2.05, 4.69) is 11.4 Å². The van der Waals surface area contributed by atoms with Crippen LogP contribution in [0.25, 0.3) is 0 Å². The molecule has 1 saturated heterocycles. The van der Waals surface area contributed by atoms with E-state index in [-0.39, 0.29) is 11.9 Å². The Hall–Kier alpha value is -1.52. The number of hydrogen-bond donors (Lipinski definition) is 1. The average Bonchev–Trinajstić information content (AvgIpc) is 3.09. The molecule has 1 aliphatic rings. The summed E-state index contributed by atoms with van der Waals surface area (Å²) in [6.45, 7) is 0.779. The summed E-state index contributed by atoms with van der Waals surface area (Å²) in [7, 11) is 0. The van der Waals surface area contributed by atoms with Crippen molar-refractivity contribution in [3.63, 3.8) is 0 Å². The van der Waals surface area contributed by atoms with Gasteiger partial charge in [-0.15, -0.1) is 0 Å². The highest BCUT2D eigenvalue weighted by Gasteiger charge is 2.31. The predicted molar refractivity (Wildman–Crippen MR) is 83.2 cm³/mol. The lowest BCUT2D eigenvalue weighted by Crippen LogP contribution is -2.30. The van der Waals surface area contributed by atoms with Crippen LogP contribution in [0.1, 0.15) is 34.8 Å². The zero-order valence-electron chi connectivity index (χ0n) is 10.9. The molecular formula is C15H15ClN2OS.